The third kappa shape index (κ3) is 3.01. The van der Waals surface area contributed by atoms with Crippen molar-refractivity contribution in [1.82, 2.24) is 0 Å². The highest BCUT2D eigenvalue weighted by Gasteiger charge is 2.28. The first kappa shape index (κ1) is 15.0. The van der Waals surface area contributed by atoms with Crippen LogP contribution in [-0.4, -0.2) is 24.1 Å². The van der Waals surface area contributed by atoms with Gasteiger partial charge in [-0.2, -0.15) is 0 Å². The molecule has 1 aliphatic heterocycles. The molecule has 1 aromatic rings. The number of nitrogens with two attached hydrogens (primary N) is 1. The summed E-state index contributed by atoms with van der Waals surface area (Å²) >= 11 is 6.21. The number of rotatable bonds is 3. The number of nitrogens with zero attached hydrogens (tertiary/aromatic N) is 2. The zero-order valence-corrected chi connectivity index (χ0v) is 12.8. The molecule has 4 nitrogen and oxygen atoms in total. The summed E-state index contributed by atoms with van der Waals surface area (Å²) in [4.78, 5) is 2.35. The van der Waals surface area contributed by atoms with Gasteiger partial charge in [0.1, 0.15) is 0 Å². The number of hydrogen-bond donors (Lipinski definition) is 2. The van der Waals surface area contributed by atoms with E-state index in [-0.39, 0.29) is 5.84 Å². The maximum absolute atomic E-state index is 8.71. The van der Waals surface area contributed by atoms with Gasteiger partial charge in [0.2, 0.25) is 0 Å². The minimum atomic E-state index is 0.0405. The van der Waals surface area contributed by atoms with E-state index in [1.807, 2.05) is 12.1 Å². The quantitative estimate of drug-likeness (QED) is 0.388. The number of hydrogen-bond acceptors (Lipinski definition) is 3. The first-order chi connectivity index (χ1) is 9.49. The molecule has 20 heavy (non-hydrogen) atoms. The van der Waals surface area contributed by atoms with Crippen LogP contribution in [0.25, 0.3) is 0 Å². The normalized spacial score (nSPS) is 19.1. The van der Waals surface area contributed by atoms with Crippen LogP contribution in [0.5, 0.6) is 0 Å². The van der Waals surface area contributed by atoms with E-state index in [2.05, 4.69) is 23.9 Å². The van der Waals surface area contributed by atoms with E-state index < -0.39 is 0 Å². The molecule has 1 aromatic carbocycles. The summed E-state index contributed by atoms with van der Waals surface area (Å²) < 4.78 is 0. The summed E-state index contributed by atoms with van der Waals surface area (Å²) in [6, 6.07) is 5.68. The molecule has 0 atom stereocenters. The molecule has 3 N–H and O–H groups in total. The van der Waals surface area contributed by atoms with Crippen LogP contribution in [0.3, 0.4) is 0 Å². The van der Waals surface area contributed by atoms with Crippen molar-refractivity contribution >= 4 is 23.1 Å². The van der Waals surface area contributed by atoms with Crippen molar-refractivity contribution < 1.29 is 5.21 Å². The van der Waals surface area contributed by atoms with Crippen LogP contribution in [0.2, 0.25) is 5.02 Å². The van der Waals surface area contributed by atoms with E-state index in [1.165, 1.54) is 19.3 Å². The fraction of sp³-hybridized carbons (Fsp3) is 0.533. The van der Waals surface area contributed by atoms with Crippen molar-refractivity contribution in [3.8, 4) is 0 Å². The monoisotopic (exact) mass is 295 g/mol. The highest BCUT2D eigenvalue weighted by molar-refractivity contribution is 6.34. The van der Waals surface area contributed by atoms with Crippen LogP contribution in [0.4, 0.5) is 5.69 Å². The molecule has 0 unspecified atom stereocenters. The number of oxime groups is 1. The molecule has 1 aliphatic rings. The van der Waals surface area contributed by atoms with Crippen LogP contribution < -0.4 is 10.6 Å². The molecule has 0 saturated carbocycles. The molecule has 1 fully saturated rings. The topological polar surface area (TPSA) is 61.8 Å². The van der Waals surface area contributed by atoms with E-state index in [1.54, 1.807) is 6.07 Å². The Morgan fingerprint density at radius 1 is 1.45 bits per heavy atom. The van der Waals surface area contributed by atoms with Crippen LogP contribution in [0.1, 0.15) is 38.7 Å². The smallest absolute Gasteiger partial charge is 0.171 e. The van der Waals surface area contributed by atoms with Crippen molar-refractivity contribution in [2.24, 2.45) is 16.3 Å². The minimum Gasteiger partial charge on any atom is -0.409 e. The molecule has 2 rings (SSSR count). The lowest BCUT2D eigenvalue weighted by Gasteiger charge is -2.40. The Bertz CT molecular complexity index is 508. The molecule has 5 heteroatoms. The summed E-state index contributed by atoms with van der Waals surface area (Å²) in [5.41, 5.74) is 7.71. The van der Waals surface area contributed by atoms with Gasteiger partial charge in [-0.15, -0.1) is 0 Å². The van der Waals surface area contributed by atoms with Crippen molar-refractivity contribution in [2.75, 3.05) is 18.0 Å². The predicted octanol–water partition coefficient (Wildman–Crippen LogP) is 3.45. The molecule has 0 bridgehead atoms. The fourth-order valence-corrected chi connectivity index (χ4v) is 2.89. The average Bonchev–Trinajstić information content (AvgIpc) is 2.47. The maximum Gasteiger partial charge on any atom is 0.171 e. The Morgan fingerprint density at radius 3 is 2.60 bits per heavy atom. The molecule has 0 aromatic heterocycles. The van der Waals surface area contributed by atoms with Gasteiger partial charge < -0.3 is 15.8 Å². The van der Waals surface area contributed by atoms with E-state index in [9.17, 15) is 0 Å². The maximum atomic E-state index is 8.71. The molecule has 0 radical (unpaired) electrons. The van der Waals surface area contributed by atoms with Crippen molar-refractivity contribution in [3.63, 3.8) is 0 Å². The third-order valence-electron chi connectivity index (χ3n) is 4.53. The van der Waals surface area contributed by atoms with E-state index >= 15 is 0 Å². The Hall–Kier alpha value is -1.42. The first-order valence-electron chi connectivity index (χ1n) is 7.01. The van der Waals surface area contributed by atoms with Crippen LogP contribution in [0.15, 0.2) is 23.4 Å². The van der Waals surface area contributed by atoms with Gasteiger partial charge in [0, 0.05) is 24.3 Å². The van der Waals surface area contributed by atoms with Crippen molar-refractivity contribution in [1.29, 1.82) is 0 Å². The predicted molar refractivity (Wildman–Crippen MR) is 83.8 cm³/mol. The van der Waals surface area contributed by atoms with Crippen molar-refractivity contribution in [3.05, 3.63) is 28.8 Å². The van der Waals surface area contributed by atoms with Gasteiger partial charge in [-0.1, -0.05) is 37.0 Å². The number of anilines is 1. The SMILES string of the molecule is CCC1(C)CCN(c2ccc(C(N)=NO)c(Cl)c2)CC1. The lowest BCUT2D eigenvalue weighted by atomic mass is 9.78. The lowest BCUT2D eigenvalue weighted by molar-refractivity contribution is 0.238. The highest BCUT2D eigenvalue weighted by atomic mass is 35.5. The summed E-state index contributed by atoms with van der Waals surface area (Å²) in [6.07, 6.45) is 3.62. The lowest BCUT2D eigenvalue weighted by Crippen LogP contribution is -2.38. The zero-order valence-electron chi connectivity index (χ0n) is 12.1. The fourth-order valence-electron chi connectivity index (χ4n) is 2.62. The van der Waals surface area contributed by atoms with Crippen LogP contribution in [0, 0.1) is 5.41 Å². The minimum absolute atomic E-state index is 0.0405. The summed E-state index contributed by atoms with van der Waals surface area (Å²) in [7, 11) is 0. The molecular formula is C15H22ClN3O. The van der Waals surface area contributed by atoms with Gasteiger partial charge in [-0.25, -0.2) is 0 Å². The Kier molecular flexibility index (Phi) is 4.43. The molecular weight excluding hydrogens is 274 g/mol. The Labute approximate surface area is 125 Å². The summed E-state index contributed by atoms with van der Waals surface area (Å²) in [5, 5.41) is 12.2. The average molecular weight is 296 g/mol. The van der Waals surface area contributed by atoms with Crippen molar-refractivity contribution in [2.45, 2.75) is 33.1 Å². The molecule has 110 valence electrons. The molecule has 0 spiro atoms. The van der Waals surface area contributed by atoms with Crippen LogP contribution >= 0.6 is 11.6 Å². The standard InChI is InChI=1S/C15H22ClN3O/c1-3-15(2)6-8-19(9-7-15)11-4-5-12(13(16)10-11)14(17)18-20/h4-5,10,20H,3,6-9H2,1-2H3,(H2,17,18). The van der Waals surface area contributed by atoms with E-state index in [0.717, 1.165) is 18.8 Å². The van der Waals surface area contributed by atoms with Gasteiger partial charge in [-0.05, 0) is 36.5 Å². The number of piperidine rings is 1. The molecule has 1 saturated heterocycles. The van der Waals surface area contributed by atoms with E-state index in [4.69, 9.17) is 22.5 Å². The molecule has 1 heterocycles. The van der Waals surface area contributed by atoms with Gasteiger partial charge >= 0.3 is 0 Å². The zero-order chi connectivity index (χ0) is 14.8. The summed E-state index contributed by atoms with van der Waals surface area (Å²) in [5.74, 6) is 0.0405. The van der Waals surface area contributed by atoms with Gasteiger partial charge in [-0.3, -0.25) is 0 Å². The third-order valence-corrected chi connectivity index (χ3v) is 4.84. The first-order valence-corrected chi connectivity index (χ1v) is 7.39. The highest BCUT2D eigenvalue weighted by Crippen LogP contribution is 2.36. The molecule has 0 amide bonds. The van der Waals surface area contributed by atoms with Crippen LogP contribution in [-0.2, 0) is 0 Å². The molecule has 0 aliphatic carbocycles. The number of amidine groups is 1. The second-order valence-corrected chi connectivity index (χ2v) is 6.21. The largest absolute Gasteiger partial charge is 0.409 e. The van der Waals surface area contributed by atoms with E-state index in [0.29, 0.717) is 16.0 Å². The van der Waals surface area contributed by atoms with Gasteiger partial charge in [0.25, 0.3) is 0 Å². The number of halogens is 1. The Morgan fingerprint density at radius 2 is 2.10 bits per heavy atom. The second kappa shape index (κ2) is 5.92. The van der Waals surface area contributed by atoms with Gasteiger partial charge in [0.05, 0.1) is 5.02 Å². The second-order valence-electron chi connectivity index (χ2n) is 5.80. The number of benzene rings is 1. The summed E-state index contributed by atoms with van der Waals surface area (Å²) in [6.45, 7) is 6.71. The Balaban J connectivity index is 2.14. The van der Waals surface area contributed by atoms with Gasteiger partial charge in [0.15, 0.2) is 5.84 Å².